The molecule has 0 saturated heterocycles. The highest BCUT2D eigenvalue weighted by Gasteiger charge is 2.45. The van der Waals surface area contributed by atoms with Gasteiger partial charge in [0.1, 0.15) is 29.3 Å². The zero-order valence-electron chi connectivity index (χ0n) is 22.2. The Morgan fingerprint density at radius 2 is 1.64 bits per heavy atom. The lowest BCUT2D eigenvalue weighted by Gasteiger charge is -2.44. The summed E-state index contributed by atoms with van der Waals surface area (Å²) in [6, 6.07) is 22.8. The second-order valence-corrected chi connectivity index (χ2v) is 10.0. The fourth-order valence-electron chi connectivity index (χ4n) is 4.48. The molecule has 4 rings (SSSR count). The molecule has 1 N–H and O–H groups in total. The Bertz CT molecular complexity index is 1110. The van der Waals surface area contributed by atoms with E-state index in [0.29, 0.717) is 19.8 Å². The van der Waals surface area contributed by atoms with Gasteiger partial charge in [-0.15, -0.1) is 0 Å². The number of anilines is 1. The summed E-state index contributed by atoms with van der Waals surface area (Å²) in [5, 5.41) is 3.54. The average molecular weight is 490 g/mol. The van der Waals surface area contributed by atoms with Crippen molar-refractivity contribution in [3.05, 3.63) is 89.0 Å². The van der Waals surface area contributed by atoms with Gasteiger partial charge in [0.15, 0.2) is 0 Å². The molecule has 5 nitrogen and oxygen atoms in total. The van der Waals surface area contributed by atoms with Crippen LogP contribution < -0.4 is 14.8 Å². The van der Waals surface area contributed by atoms with Crippen LogP contribution in [0.1, 0.15) is 62.0 Å². The summed E-state index contributed by atoms with van der Waals surface area (Å²) in [4.78, 5) is 0. The lowest BCUT2D eigenvalue weighted by Crippen LogP contribution is -2.51. The maximum Gasteiger partial charge on any atom is 0.132 e. The van der Waals surface area contributed by atoms with E-state index < -0.39 is 5.60 Å². The van der Waals surface area contributed by atoms with E-state index in [1.165, 1.54) is 11.1 Å². The first-order chi connectivity index (χ1) is 17.4. The van der Waals surface area contributed by atoms with Crippen LogP contribution >= 0.6 is 0 Å². The smallest absolute Gasteiger partial charge is 0.132 e. The molecule has 0 aromatic heterocycles. The van der Waals surface area contributed by atoms with Crippen LogP contribution in [0.25, 0.3) is 0 Å². The molecule has 0 amide bonds. The zero-order valence-corrected chi connectivity index (χ0v) is 22.2. The van der Waals surface area contributed by atoms with Gasteiger partial charge in [0, 0.05) is 24.4 Å². The first kappa shape index (κ1) is 26.1. The van der Waals surface area contributed by atoms with Crippen molar-refractivity contribution in [2.24, 2.45) is 0 Å². The number of hydrogen-bond donors (Lipinski definition) is 1. The highest BCUT2D eigenvalue weighted by molar-refractivity contribution is 5.54. The Kier molecular flexibility index (Phi) is 8.55. The molecule has 1 aliphatic rings. The lowest BCUT2D eigenvalue weighted by atomic mass is 9.87. The quantitative estimate of drug-likeness (QED) is 0.288. The molecule has 1 aliphatic heterocycles. The number of aryl methyl sites for hydroxylation is 1. The summed E-state index contributed by atoms with van der Waals surface area (Å²) < 4.78 is 24.8. The summed E-state index contributed by atoms with van der Waals surface area (Å²) in [6.45, 7) is 10.4. The Balaban J connectivity index is 1.55. The van der Waals surface area contributed by atoms with E-state index in [-0.39, 0.29) is 12.2 Å². The van der Waals surface area contributed by atoms with Gasteiger partial charge in [-0.3, -0.25) is 0 Å². The van der Waals surface area contributed by atoms with Crippen LogP contribution in [-0.2, 0) is 22.6 Å². The molecule has 36 heavy (non-hydrogen) atoms. The van der Waals surface area contributed by atoms with E-state index in [1.807, 2.05) is 18.2 Å². The van der Waals surface area contributed by atoms with Crippen LogP contribution in [0.5, 0.6) is 11.5 Å². The highest BCUT2D eigenvalue weighted by Crippen LogP contribution is 2.44. The molecule has 0 saturated carbocycles. The van der Waals surface area contributed by atoms with Gasteiger partial charge in [0.05, 0.1) is 13.7 Å². The number of ether oxygens (including phenoxy) is 4. The van der Waals surface area contributed by atoms with Gasteiger partial charge in [0.2, 0.25) is 0 Å². The van der Waals surface area contributed by atoms with Crippen molar-refractivity contribution < 1.29 is 18.9 Å². The van der Waals surface area contributed by atoms with Crippen molar-refractivity contribution in [3.63, 3.8) is 0 Å². The third kappa shape index (κ3) is 6.40. The van der Waals surface area contributed by atoms with Gasteiger partial charge in [-0.2, -0.15) is 0 Å². The minimum absolute atomic E-state index is 0.219. The highest BCUT2D eigenvalue weighted by atomic mass is 16.6. The Morgan fingerprint density at radius 3 is 2.33 bits per heavy atom. The Hall–Kier alpha value is -3.02. The molecule has 2 atom stereocenters. The van der Waals surface area contributed by atoms with Gasteiger partial charge in [0.25, 0.3) is 0 Å². The summed E-state index contributed by atoms with van der Waals surface area (Å²) >= 11 is 0. The summed E-state index contributed by atoms with van der Waals surface area (Å²) in [7, 11) is 1.68. The van der Waals surface area contributed by atoms with Crippen molar-refractivity contribution >= 4 is 5.69 Å². The molecule has 2 unspecified atom stereocenters. The number of nitrogens with one attached hydrogen (secondary N) is 1. The van der Waals surface area contributed by atoms with Crippen molar-refractivity contribution in [3.8, 4) is 11.5 Å². The van der Waals surface area contributed by atoms with E-state index >= 15 is 0 Å². The van der Waals surface area contributed by atoms with E-state index in [4.69, 9.17) is 18.9 Å². The second-order valence-electron chi connectivity index (χ2n) is 10.0. The summed E-state index contributed by atoms with van der Waals surface area (Å²) in [5.74, 6) is 1.71. The van der Waals surface area contributed by atoms with Gasteiger partial charge in [-0.1, -0.05) is 55.3 Å². The first-order valence-electron chi connectivity index (χ1n) is 12.9. The van der Waals surface area contributed by atoms with Crippen molar-refractivity contribution in [2.45, 2.75) is 71.5 Å². The number of methoxy groups -OCH3 is 1. The minimum atomic E-state index is -0.535. The predicted octanol–water partition coefficient (Wildman–Crippen LogP) is 7.23. The molecular formula is C31H39NO4. The van der Waals surface area contributed by atoms with Crippen LogP contribution in [0, 0.1) is 6.92 Å². The molecule has 5 heteroatoms. The number of fused-ring (bicyclic) bond motifs is 1. The molecule has 1 heterocycles. The van der Waals surface area contributed by atoms with Crippen LogP contribution in [0.3, 0.4) is 0 Å². The number of unbranched alkanes of at least 4 members (excludes halogenated alkanes) is 1. The van der Waals surface area contributed by atoms with Gasteiger partial charge in [-0.05, 0) is 68.7 Å². The van der Waals surface area contributed by atoms with Crippen LogP contribution in [-0.4, -0.2) is 25.4 Å². The van der Waals surface area contributed by atoms with Crippen LogP contribution in [0.4, 0.5) is 5.69 Å². The number of benzene rings is 3. The van der Waals surface area contributed by atoms with Crippen molar-refractivity contribution in [1.29, 1.82) is 0 Å². The van der Waals surface area contributed by atoms with Gasteiger partial charge >= 0.3 is 0 Å². The topological polar surface area (TPSA) is 49.0 Å². The normalized spacial score (nSPS) is 18.2. The third-order valence-electron chi connectivity index (χ3n) is 6.65. The van der Waals surface area contributed by atoms with Crippen molar-refractivity contribution in [1.82, 2.24) is 0 Å². The molecule has 0 radical (unpaired) electrons. The Labute approximate surface area is 215 Å². The number of rotatable bonds is 11. The molecule has 0 fully saturated rings. The summed E-state index contributed by atoms with van der Waals surface area (Å²) in [5.41, 5.74) is 5.08. The molecule has 3 aromatic carbocycles. The SMILES string of the molecule is CCCCOC1c2cc(NCc3ccc(OC)cc3)ccc2OC(C)(C)C1OCc1ccc(C)cc1. The second kappa shape index (κ2) is 11.8. The average Bonchev–Trinajstić information content (AvgIpc) is 2.88. The van der Waals surface area contributed by atoms with Gasteiger partial charge < -0.3 is 24.3 Å². The van der Waals surface area contributed by atoms with E-state index in [9.17, 15) is 0 Å². The van der Waals surface area contributed by atoms with Crippen LogP contribution in [0.2, 0.25) is 0 Å². The lowest BCUT2D eigenvalue weighted by molar-refractivity contribution is -0.167. The number of hydrogen-bond acceptors (Lipinski definition) is 5. The maximum atomic E-state index is 6.53. The van der Waals surface area contributed by atoms with Gasteiger partial charge in [-0.25, -0.2) is 0 Å². The standard InChI is InChI=1S/C31H39NO4/c1-6-7-18-34-29-27-19-25(32-20-23-12-15-26(33-5)16-13-23)14-17-28(27)36-31(3,4)30(29)35-21-24-10-8-22(2)9-11-24/h8-17,19,29-30,32H,6-7,18,20-21H2,1-5H3. The maximum absolute atomic E-state index is 6.53. The molecule has 0 bridgehead atoms. The third-order valence-corrected chi connectivity index (χ3v) is 6.65. The fraction of sp³-hybridized carbons (Fsp3) is 0.419. The zero-order chi connectivity index (χ0) is 25.5. The first-order valence-corrected chi connectivity index (χ1v) is 12.9. The van der Waals surface area contributed by atoms with Crippen LogP contribution in [0.15, 0.2) is 66.7 Å². The molecule has 192 valence electrons. The monoisotopic (exact) mass is 489 g/mol. The van der Waals surface area contributed by atoms with E-state index in [1.54, 1.807) is 7.11 Å². The van der Waals surface area contributed by atoms with E-state index in [0.717, 1.165) is 41.2 Å². The van der Waals surface area contributed by atoms with Crippen molar-refractivity contribution in [2.75, 3.05) is 19.0 Å². The molecule has 3 aromatic rings. The molecular weight excluding hydrogens is 450 g/mol. The summed E-state index contributed by atoms with van der Waals surface area (Å²) in [6.07, 6.45) is 1.62. The van der Waals surface area contributed by atoms with E-state index in [2.05, 4.69) is 81.5 Å². The largest absolute Gasteiger partial charge is 0.497 e. The Morgan fingerprint density at radius 1 is 0.917 bits per heavy atom. The fourth-order valence-corrected chi connectivity index (χ4v) is 4.48. The predicted molar refractivity (Wildman–Crippen MR) is 145 cm³/mol. The minimum Gasteiger partial charge on any atom is -0.497 e. The molecule has 0 spiro atoms. The molecule has 0 aliphatic carbocycles.